The number of hydrogen-bond acceptors (Lipinski definition) is 4. The number of carboxylic acids is 1. The molecule has 0 aliphatic heterocycles. The molecule has 0 radical (unpaired) electrons. The van der Waals surface area contributed by atoms with Crippen LogP contribution in [0.2, 0.25) is 0 Å². The van der Waals surface area contributed by atoms with Crippen LogP contribution in [-0.4, -0.2) is 26.5 Å². The minimum atomic E-state index is -1.30. The van der Waals surface area contributed by atoms with Crippen molar-refractivity contribution in [2.75, 3.05) is 0 Å². The van der Waals surface area contributed by atoms with Crippen LogP contribution in [0.15, 0.2) is 54.7 Å². The van der Waals surface area contributed by atoms with Crippen molar-refractivity contribution in [1.29, 1.82) is 0 Å². The van der Waals surface area contributed by atoms with Gasteiger partial charge in [-0.25, -0.2) is 14.2 Å². The summed E-state index contributed by atoms with van der Waals surface area (Å²) < 4.78 is 16.1. The van der Waals surface area contributed by atoms with E-state index in [-0.39, 0.29) is 18.0 Å². The van der Waals surface area contributed by atoms with Gasteiger partial charge in [0.05, 0.1) is 24.0 Å². The second-order valence-electron chi connectivity index (χ2n) is 7.51. The molecule has 6 nitrogen and oxygen atoms in total. The number of nitrogens with zero attached hydrogens (tertiary/aromatic N) is 2. The standard InChI is InChI=1S/C24H26FN3O3S/c1-2-3-9-21-26-13-18(14-27-23(29)22(32)17-7-5-4-6-8-17)28(21)15-16-10-11-19(24(30)31)20(25)12-16/h4-8,10-13,22,32H,2-3,9,14-15H2,1H3,(H,27,29)(H,30,31). The van der Waals surface area contributed by atoms with Crippen LogP contribution in [0.3, 0.4) is 0 Å². The summed E-state index contributed by atoms with van der Waals surface area (Å²) >= 11 is 4.43. The summed E-state index contributed by atoms with van der Waals surface area (Å²) in [6, 6.07) is 13.4. The Morgan fingerprint density at radius 2 is 1.97 bits per heavy atom. The molecule has 0 saturated heterocycles. The van der Waals surface area contributed by atoms with E-state index in [2.05, 4.69) is 29.9 Å². The fraction of sp³-hybridized carbons (Fsp3) is 0.292. The topological polar surface area (TPSA) is 84.2 Å². The highest BCUT2D eigenvalue weighted by molar-refractivity contribution is 7.81. The Morgan fingerprint density at radius 3 is 2.62 bits per heavy atom. The predicted molar refractivity (Wildman–Crippen MR) is 123 cm³/mol. The number of aromatic nitrogens is 2. The third kappa shape index (κ3) is 5.76. The number of hydrogen-bond donors (Lipinski definition) is 3. The summed E-state index contributed by atoms with van der Waals surface area (Å²) in [4.78, 5) is 28.2. The van der Waals surface area contributed by atoms with Gasteiger partial charge in [-0.15, -0.1) is 0 Å². The summed E-state index contributed by atoms with van der Waals surface area (Å²) in [5.41, 5.74) is 1.84. The SMILES string of the molecule is CCCCc1ncc(CNC(=O)C(S)c2ccccc2)n1Cc1ccc(C(=O)O)c(F)c1. The fourth-order valence-corrected chi connectivity index (χ4v) is 3.66. The van der Waals surface area contributed by atoms with E-state index >= 15 is 0 Å². The lowest BCUT2D eigenvalue weighted by Crippen LogP contribution is -2.28. The Kier molecular flexibility index (Phi) is 8.05. The van der Waals surface area contributed by atoms with Crippen LogP contribution < -0.4 is 5.32 Å². The van der Waals surface area contributed by atoms with Crippen LogP contribution in [-0.2, 0) is 24.3 Å². The zero-order valence-corrected chi connectivity index (χ0v) is 18.7. The summed E-state index contributed by atoms with van der Waals surface area (Å²) in [5.74, 6) is -1.46. The number of aryl methyl sites for hydroxylation is 1. The third-order valence-corrected chi connectivity index (χ3v) is 5.72. The van der Waals surface area contributed by atoms with E-state index in [0.717, 1.165) is 36.3 Å². The summed E-state index contributed by atoms with van der Waals surface area (Å²) in [6.07, 6.45) is 4.41. The van der Waals surface area contributed by atoms with Crippen LogP contribution in [0, 0.1) is 5.82 Å². The average Bonchev–Trinajstić information content (AvgIpc) is 3.17. The van der Waals surface area contributed by atoms with E-state index in [1.165, 1.54) is 12.1 Å². The number of carboxylic acid groups (broad SMARTS) is 1. The maximum atomic E-state index is 14.2. The minimum Gasteiger partial charge on any atom is -0.478 e. The van der Waals surface area contributed by atoms with Gasteiger partial charge in [-0.1, -0.05) is 49.7 Å². The van der Waals surface area contributed by atoms with Crippen LogP contribution in [0.25, 0.3) is 0 Å². The van der Waals surface area contributed by atoms with Gasteiger partial charge in [0.1, 0.15) is 16.9 Å². The fourth-order valence-electron chi connectivity index (χ4n) is 3.40. The molecule has 0 bridgehead atoms. The average molecular weight is 456 g/mol. The van der Waals surface area contributed by atoms with Crippen molar-refractivity contribution in [2.24, 2.45) is 0 Å². The van der Waals surface area contributed by atoms with Gasteiger partial charge < -0.3 is 15.0 Å². The largest absolute Gasteiger partial charge is 0.478 e. The van der Waals surface area contributed by atoms with Crippen molar-refractivity contribution in [3.05, 3.63) is 88.8 Å². The van der Waals surface area contributed by atoms with Crippen LogP contribution in [0.5, 0.6) is 0 Å². The van der Waals surface area contributed by atoms with Gasteiger partial charge in [0.15, 0.2) is 0 Å². The maximum Gasteiger partial charge on any atom is 0.338 e. The first-order chi connectivity index (χ1) is 15.4. The molecule has 2 aromatic carbocycles. The number of amides is 1. The molecule has 8 heteroatoms. The van der Waals surface area contributed by atoms with Gasteiger partial charge in [0.25, 0.3) is 0 Å². The van der Waals surface area contributed by atoms with E-state index in [1.807, 2.05) is 34.9 Å². The number of benzene rings is 2. The van der Waals surface area contributed by atoms with Crippen LogP contribution in [0.4, 0.5) is 4.39 Å². The lowest BCUT2D eigenvalue weighted by Gasteiger charge is -2.15. The molecule has 168 valence electrons. The molecule has 0 aliphatic rings. The smallest absolute Gasteiger partial charge is 0.338 e. The molecule has 1 amide bonds. The molecule has 1 atom stereocenters. The molecule has 3 rings (SSSR count). The number of carbonyl (C=O) groups is 2. The number of halogens is 1. The molecule has 0 saturated carbocycles. The first-order valence-corrected chi connectivity index (χ1v) is 11.0. The van der Waals surface area contributed by atoms with Crippen molar-refractivity contribution in [1.82, 2.24) is 14.9 Å². The highest BCUT2D eigenvalue weighted by Gasteiger charge is 2.18. The number of aromatic carboxylic acids is 1. The van der Waals surface area contributed by atoms with E-state index in [1.54, 1.807) is 12.3 Å². The van der Waals surface area contributed by atoms with Gasteiger partial charge >= 0.3 is 5.97 Å². The van der Waals surface area contributed by atoms with Crippen LogP contribution >= 0.6 is 12.6 Å². The zero-order chi connectivity index (χ0) is 23.1. The molecule has 0 aliphatic carbocycles. The normalized spacial score (nSPS) is 11.8. The van der Waals surface area contributed by atoms with Crippen molar-refractivity contribution in [3.63, 3.8) is 0 Å². The van der Waals surface area contributed by atoms with E-state index in [0.29, 0.717) is 12.1 Å². The number of nitrogens with one attached hydrogen (secondary N) is 1. The Labute approximate surface area is 191 Å². The minimum absolute atomic E-state index is 0.223. The van der Waals surface area contributed by atoms with E-state index < -0.39 is 17.0 Å². The van der Waals surface area contributed by atoms with Crippen molar-refractivity contribution < 1.29 is 19.1 Å². The highest BCUT2D eigenvalue weighted by Crippen LogP contribution is 2.20. The molecule has 0 fully saturated rings. The van der Waals surface area contributed by atoms with Gasteiger partial charge in [-0.2, -0.15) is 12.6 Å². The molecular formula is C24H26FN3O3S. The molecule has 2 N–H and O–H groups in total. The molecule has 1 unspecified atom stereocenters. The number of unbranched alkanes of at least 4 members (excludes halogenated alkanes) is 1. The monoisotopic (exact) mass is 455 g/mol. The number of carbonyl (C=O) groups excluding carboxylic acids is 1. The van der Waals surface area contributed by atoms with E-state index in [9.17, 15) is 14.0 Å². The summed E-state index contributed by atoms with van der Waals surface area (Å²) in [6.45, 7) is 2.66. The molecular weight excluding hydrogens is 429 g/mol. The Bertz CT molecular complexity index is 1090. The number of imidazole rings is 1. The van der Waals surface area contributed by atoms with Gasteiger partial charge in [-0.05, 0) is 29.7 Å². The highest BCUT2D eigenvalue weighted by atomic mass is 32.1. The predicted octanol–water partition coefficient (Wildman–Crippen LogP) is 4.40. The Balaban J connectivity index is 1.78. The first kappa shape index (κ1) is 23.5. The number of thiol groups is 1. The van der Waals surface area contributed by atoms with Gasteiger partial charge in [0.2, 0.25) is 5.91 Å². The zero-order valence-electron chi connectivity index (χ0n) is 17.8. The third-order valence-electron chi connectivity index (χ3n) is 5.19. The quantitative estimate of drug-likeness (QED) is 0.396. The second kappa shape index (κ2) is 10.9. The molecule has 1 heterocycles. The second-order valence-corrected chi connectivity index (χ2v) is 8.02. The Hall–Kier alpha value is -3.13. The van der Waals surface area contributed by atoms with Gasteiger partial charge in [-0.3, -0.25) is 4.79 Å². The van der Waals surface area contributed by atoms with Crippen molar-refractivity contribution in [3.8, 4) is 0 Å². The lowest BCUT2D eigenvalue weighted by molar-refractivity contribution is -0.120. The lowest BCUT2D eigenvalue weighted by atomic mass is 10.1. The van der Waals surface area contributed by atoms with Crippen molar-refractivity contribution in [2.45, 2.75) is 44.5 Å². The van der Waals surface area contributed by atoms with Crippen LogP contribution in [0.1, 0.15) is 58.0 Å². The molecule has 32 heavy (non-hydrogen) atoms. The Morgan fingerprint density at radius 1 is 1.22 bits per heavy atom. The molecule has 3 aromatic rings. The first-order valence-electron chi connectivity index (χ1n) is 10.5. The summed E-state index contributed by atoms with van der Waals surface area (Å²) in [5, 5.41) is 11.4. The van der Waals surface area contributed by atoms with Crippen molar-refractivity contribution >= 4 is 24.5 Å². The van der Waals surface area contributed by atoms with Gasteiger partial charge in [0, 0.05) is 13.0 Å². The summed E-state index contributed by atoms with van der Waals surface area (Å²) in [7, 11) is 0. The molecule has 1 aromatic heterocycles. The number of rotatable bonds is 10. The molecule has 0 spiro atoms. The maximum absolute atomic E-state index is 14.2. The van der Waals surface area contributed by atoms with E-state index in [4.69, 9.17) is 5.11 Å².